The van der Waals surface area contributed by atoms with Gasteiger partial charge >= 0.3 is 0 Å². The van der Waals surface area contributed by atoms with E-state index in [1.165, 1.54) is 14.7 Å². The molecule has 4 nitrogen and oxygen atoms in total. The lowest BCUT2D eigenvalue weighted by atomic mass is 10.2. The first-order valence-corrected chi connectivity index (χ1v) is 15.5. The van der Waals surface area contributed by atoms with E-state index in [2.05, 4.69) is 81.4 Å². The van der Waals surface area contributed by atoms with Crippen molar-refractivity contribution < 1.29 is 8.42 Å². The molecular weight excluding hydrogens is 456 g/mol. The van der Waals surface area contributed by atoms with Gasteiger partial charge in [-0.25, -0.2) is 8.42 Å². The minimum atomic E-state index is -3.64. The second-order valence-corrected chi connectivity index (χ2v) is 17.0. The molecule has 0 spiro atoms. The molecule has 0 bridgehead atoms. The molecule has 1 aliphatic rings. The second kappa shape index (κ2) is 9.15. The Morgan fingerprint density at radius 1 is 0.853 bits per heavy atom. The highest BCUT2D eigenvalue weighted by Crippen LogP contribution is 2.40. The predicted octanol–water partition coefficient (Wildman–Crippen LogP) is 4.85. The quantitative estimate of drug-likeness (QED) is 0.464. The van der Waals surface area contributed by atoms with Crippen LogP contribution in [0.25, 0.3) is 0 Å². The van der Waals surface area contributed by atoms with Gasteiger partial charge in [0.1, 0.15) is 13.9 Å². The van der Waals surface area contributed by atoms with Gasteiger partial charge in [0.15, 0.2) is 0 Å². The molecular formula is C28H34N2O2SSi. The summed E-state index contributed by atoms with van der Waals surface area (Å²) in [5, 5.41) is 2.73. The number of benzene rings is 3. The van der Waals surface area contributed by atoms with E-state index in [4.69, 9.17) is 4.99 Å². The summed E-state index contributed by atoms with van der Waals surface area (Å²) in [5.41, 5.74) is 1.04. The van der Waals surface area contributed by atoms with Gasteiger partial charge < -0.3 is 0 Å². The summed E-state index contributed by atoms with van der Waals surface area (Å²) in [6.45, 7) is 11.1. The van der Waals surface area contributed by atoms with Crippen LogP contribution in [0.2, 0.25) is 11.1 Å². The Bertz CT molecular complexity index is 1230. The SMILES string of the molecule is CC1=NC(C[Si](c2ccccc2)(c2ccccc2)C(C)(C)C)CN1S(=O)(=O)c1ccc(C)cc1. The Balaban J connectivity index is 1.74. The Hall–Kier alpha value is -2.70. The molecule has 0 saturated carbocycles. The van der Waals surface area contributed by atoms with E-state index in [9.17, 15) is 8.42 Å². The van der Waals surface area contributed by atoms with Crippen LogP contribution in [0.1, 0.15) is 33.3 Å². The minimum absolute atomic E-state index is 0.00236. The van der Waals surface area contributed by atoms with E-state index in [1.807, 2.05) is 26.0 Å². The molecule has 1 aliphatic heterocycles. The zero-order valence-corrected chi connectivity index (χ0v) is 22.5. The van der Waals surface area contributed by atoms with Crippen LogP contribution in [0.5, 0.6) is 0 Å². The molecule has 3 aromatic carbocycles. The summed E-state index contributed by atoms with van der Waals surface area (Å²) in [7, 11) is -5.99. The Morgan fingerprint density at radius 2 is 1.35 bits per heavy atom. The highest BCUT2D eigenvalue weighted by atomic mass is 32.2. The molecule has 3 aromatic rings. The topological polar surface area (TPSA) is 49.7 Å². The van der Waals surface area contributed by atoms with E-state index in [0.717, 1.165) is 11.6 Å². The Kier molecular flexibility index (Phi) is 6.58. The molecule has 0 aliphatic carbocycles. The van der Waals surface area contributed by atoms with E-state index in [0.29, 0.717) is 17.3 Å². The van der Waals surface area contributed by atoms with E-state index >= 15 is 0 Å². The minimum Gasteiger partial charge on any atom is -0.267 e. The molecule has 0 fully saturated rings. The van der Waals surface area contributed by atoms with Crippen LogP contribution < -0.4 is 10.4 Å². The Morgan fingerprint density at radius 3 is 1.82 bits per heavy atom. The van der Waals surface area contributed by atoms with Crippen molar-refractivity contribution in [3.8, 4) is 0 Å². The average molecular weight is 491 g/mol. The van der Waals surface area contributed by atoms with E-state index < -0.39 is 18.1 Å². The zero-order valence-electron chi connectivity index (χ0n) is 20.7. The standard InChI is InChI=1S/C28H34N2O2SSi/c1-22-16-18-25(19-17-22)33(31,32)30-20-24(29-23(30)2)21-34(28(3,4)5,26-12-8-6-9-13-26)27-14-10-7-11-15-27/h6-19,24H,20-21H2,1-5H3. The fourth-order valence-electron chi connectivity index (χ4n) is 5.29. The van der Waals surface area contributed by atoms with Gasteiger partial charge in [-0.1, -0.05) is 110 Å². The fourth-order valence-corrected chi connectivity index (χ4v) is 12.4. The third-order valence-corrected chi connectivity index (χ3v) is 15.2. The summed E-state index contributed by atoms with van der Waals surface area (Å²) in [6, 6.07) is 29.4. The average Bonchev–Trinajstić information content (AvgIpc) is 3.19. The van der Waals surface area contributed by atoms with Crippen molar-refractivity contribution in [1.82, 2.24) is 4.31 Å². The van der Waals surface area contributed by atoms with Crippen molar-refractivity contribution in [1.29, 1.82) is 0 Å². The van der Waals surface area contributed by atoms with Crippen molar-refractivity contribution in [3.63, 3.8) is 0 Å². The molecule has 0 N–H and O–H groups in total. The summed E-state index contributed by atoms with van der Waals surface area (Å²) in [5.74, 6) is 0.573. The fraction of sp³-hybridized carbons (Fsp3) is 0.321. The van der Waals surface area contributed by atoms with Gasteiger partial charge in [-0.05, 0) is 37.1 Å². The van der Waals surface area contributed by atoms with Crippen molar-refractivity contribution in [2.24, 2.45) is 4.99 Å². The molecule has 4 rings (SSSR count). The molecule has 1 heterocycles. The molecule has 178 valence electrons. The maximum Gasteiger partial charge on any atom is 0.265 e. The third kappa shape index (κ3) is 4.37. The number of nitrogens with zero attached hydrogens (tertiary/aromatic N) is 2. The van der Waals surface area contributed by atoms with Gasteiger partial charge in [-0.3, -0.25) is 9.30 Å². The first kappa shape index (κ1) is 24.4. The molecule has 1 unspecified atom stereocenters. The maximum absolute atomic E-state index is 13.5. The maximum atomic E-state index is 13.5. The van der Waals surface area contributed by atoms with Crippen LogP contribution in [0.4, 0.5) is 0 Å². The number of aryl methyl sites for hydroxylation is 1. The molecule has 1 atom stereocenters. The lowest BCUT2D eigenvalue weighted by Crippen LogP contribution is -2.65. The van der Waals surface area contributed by atoms with Gasteiger partial charge in [0.05, 0.1) is 17.5 Å². The van der Waals surface area contributed by atoms with Crippen molar-refractivity contribution in [3.05, 3.63) is 90.5 Å². The van der Waals surface area contributed by atoms with Crippen molar-refractivity contribution in [2.45, 2.75) is 56.6 Å². The molecule has 0 aromatic heterocycles. The summed E-state index contributed by atoms with van der Waals surface area (Å²) >= 11 is 0. The molecule has 6 heteroatoms. The van der Waals surface area contributed by atoms with Gasteiger partial charge in [0.2, 0.25) is 0 Å². The van der Waals surface area contributed by atoms with Gasteiger partial charge in [0, 0.05) is 0 Å². The molecule has 0 amide bonds. The van der Waals surface area contributed by atoms with Crippen molar-refractivity contribution >= 4 is 34.3 Å². The van der Waals surface area contributed by atoms with Crippen LogP contribution in [0.3, 0.4) is 0 Å². The first-order valence-electron chi connectivity index (χ1n) is 11.8. The number of amidine groups is 1. The molecule has 0 saturated heterocycles. The number of sulfonamides is 1. The Labute approximate surface area is 205 Å². The number of hydrogen-bond acceptors (Lipinski definition) is 3. The molecule has 34 heavy (non-hydrogen) atoms. The lowest BCUT2D eigenvalue weighted by Gasteiger charge is -2.45. The lowest BCUT2D eigenvalue weighted by molar-refractivity contribution is 0.520. The zero-order chi connectivity index (χ0) is 24.6. The monoisotopic (exact) mass is 490 g/mol. The number of hydrogen-bond donors (Lipinski definition) is 0. The van der Waals surface area contributed by atoms with Crippen LogP contribution in [-0.2, 0) is 10.0 Å². The summed E-state index contributed by atoms with van der Waals surface area (Å²) < 4.78 is 28.4. The van der Waals surface area contributed by atoms with Crippen molar-refractivity contribution in [2.75, 3.05) is 6.54 Å². The third-order valence-electron chi connectivity index (χ3n) is 7.07. The number of rotatable bonds is 6. The van der Waals surface area contributed by atoms with Crippen LogP contribution >= 0.6 is 0 Å². The highest BCUT2D eigenvalue weighted by Gasteiger charge is 2.50. The van der Waals surface area contributed by atoms with Crippen LogP contribution in [0, 0.1) is 6.92 Å². The van der Waals surface area contributed by atoms with Gasteiger partial charge in [-0.15, -0.1) is 0 Å². The largest absolute Gasteiger partial charge is 0.267 e. The molecule has 0 radical (unpaired) electrons. The van der Waals surface area contributed by atoms with Gasteiger partial charge in [0.25, 0.3) is 10.0 Å². The normalized spacial score (nSPS) is 17.0. The number of aliphatic imine (C=N–C) groups is 1. The van der Waals surface area contributed by atoms with E-state index in [-0.39, 0.29) is 11.1 Å². The highest BCUT2D eigenvalue weighted by molar-refractivity contribution is 7.89. The van der Waals surface area contributed by atoms with Crippen LogP contribution in [0.15, 0.2) is 94.8 Å². The predicted molar refractivity (Wildman–Crippen MR) is 144 cm³/mol. The van der Waals surface area contributed by atoms with E-state index in [1.54, 1.807) is 12.1 Å². The smallest absolute Gasteiger partial charge is 0.265 e. The van der Waals surface area contributed by atoms with Gasteiger partial charge in [-0.2, -0.15) is 0 Å². The summed E-state index contributed by atoms with van der Waals surface area (Å²) in [4.78, 5) is 5.25. The summed E-state index contributed by atoms with van der Waals surface area (Å²) in [6.07, 6.45) is 0. The van der Waals surface area contributed by atoms with Crippen LogP contribution in [-0.4, -0.2) is 39.2 Å². The second-order valence-electron chi connectivity index (χ2n) is 10.3. The first-order chi connectivity index (χ1) is 16.1.